The van der Waals surface area contributed by atoms with Crippen LogP contribution in [-0.2, 0) is 21.4 Å². The smallest absolute Gasteiger partial charge is 0.373 e. The van der Waals surface area contributed by atoms with Gasteiger partial charge in [-0.25, -0.2) is 17.5 Å². The lowest BCUT2D eigenvalue weighted by atomic mass is 10.1. The number of carbonyl (C=O) groups is 1. The molecule has 1 amide bonds. The Morgan fingerprint density at radius 1 is 1.14 bits per heavy atom. The van der Waals surface area contributed by atoms with Gasteiger partial charge in [-0.05, 0) is 42.8 Å². The average Bonchev–Trinajstić information content (AvgIpc) is 2.61. The minimum atomic E-state index is -5.23. The van der Waals surface area contributed by atoms with Crippen molar-refractivity contribution in [1.29, 1.82) is 0 Å². The van der Waals surface area contributed by atoms with Crippen molar-refractivity contribution in [2.45, 2.75) is 30.1 Å². The molecular weight excluding hydrogens is 440 g/mol. The molecule has 1 atom stereocenters. The van der Waals surface area contributed by atoms with Gasteiger partial charge in [0, 0.05) is 6.54 Å². The van der Waals surface area contributed by atoms with Crippen molar-refractivity contribution in [2.24, 2.45) is 0 Å². The van der Waals surface area contributed by atoms with E-state index in [9.17, 15) is 35.9 Å². The quantitative estimate of drug-likeness (QED) is 0.584. The standard InChI is InChI=1S/C17H15ClF4N2O4S/c1-16(26,17(20,21)22)15(25)24-14-7-6-12(8-13(14)18)29(27,28)23-9-10-2-4-11(19)5-3-10/h2-8,23,26H,9H2,1H3,(H,24,25). The second-order valence-corrected chi connectivity index (χ2v) is 8.29. The third-order valence-corrected chi connectivity index (χ3v) is 5.58. The van der Waals surface area contributed by atoms with Gasteiger partial charge in [0.25, 0.3) is 5.91 Å². The molecule has 0 saturated heterocycles. The third kappa shape index (κ3) is 5.44. The van der Waals surface area contributed by atoms with E-state index in [4.69, 9.17) is 11.6 Å². The van der Waals surface area contributed by atoms with Crippen LogP contribution in [0.1, 0.15) is 12.5 Å². The highest BCUT2D eigenvalue weighted by atomic mass is 35.5. The molecular formula is C17H15ClF4N2O4S. The first-order valence-corrected chi connectivity index (χ1v) is 9.74. The molecule has 0 aliphatic rings. The Bertz CT molecular complexity index is 1010. The molecule has 0 bridgehead atoms. The molecule has 3 N–H and O–H groups in total. The first kappa shape index (κ1) is 23.1. The number of sulfonamides is 1. The molecule has 2 aromatic rings. The Morgan fingerprint density at radius 3 is 2.24 bits per heavy atom. The van der Waals surface area contributed by atoms with Crippen molar-refractivity contribution in [3.8, 4) is 0 Å². The van der Waals surface area contributed by atoms with Gasteiger partial charge in [0.2, 0.25) is 15.6 Å². The molecule has 0 saturated carbocycles. The van der Waals surface area contributed by atoms with E-state index in [-0.39, 0.29) is 29.1 Å². The molecule has 0 aromatic heterocycles. The maximum atomic E-state index is 12.9. The van der Waals surface area contributed by atoms with E-state index in [2.05, 4.69) is 4.72 Å². The minimum absolute atomic E-state index is 0.146. The maximum absolute atomic E-state index is 12.9. The van der Waals surface area contributed by atoms with E-state index in [1.807, 2.05) is 5.32 Å². The monoisotopic (exact) mass is 454 g/mol. The predicted molar refractivity (Wildman–Crippen MR) is 97.2 cm³/mol. The van der Waals surface area contributed by atoms with E-state index in [0.717, 1.165) is 30.3 Å². The van der Waals surface area contributed by atoms with E-state index in [1.165, 1.54) is 12.1 Å². The fourth-order valence-corrected chi connectivity index (χ4v) is 3.34. The molecule has 29 heavy (non-hydrogen) atoms. The molecule has 0 aliphatic heterocycles. The summed E-state index contributed by atoms with van der Waals surface area (Å²) in [5.41, 5.74) is -3.50. The Balaban J connectivity index is 2.15. The zero-order valence-electron chi connectivity index (χ0n) is 14.7. The minimum Gasteiger partial charge on any atom is -0.373 e. The van der Waals surface area contributed by atoms with Crippen LogP contribution in [0.2, 0.25) is 5.02 Å². The SMILES string of the molecule is CC(O)(C(=O)Nc1ccc(S(=O)(=O)NCc2ccc(F)cc2)cc1Cl)C(F)(F)F. The van der Waals surface area contributed by atoms with Crippen molar-refractivity contribution in [1.82, 2.24) is 4.72 Å². The summed E-state index contributed by atoms with van der Waals surface area (Å²) in [6.07, 6.45) is -5.23. The van der Waals surface area contributed by atoms with Gasteiger partial charge < -0.3 is 10.4 Å². The van der Waals surface area contributed by atoms with Crippen LogP contribution >= 0.6 is 11.6 Å². The molecule has 1 unspecified atom stereocenters. The van der Waals surface area contributed by atoms with Crippen molar-refractivity contribution in [3.05, 3.63) is 58.9 Å². The number of amides is 1. The largest absolute Gasteiger partial charge is 0.426 e. The summed E-state index contributed by atoms with van der Waals surface area (Å²) in [5, 5.41) is 10.8. The summed E-state index contributed by atoms with van der Waals surface area (Å²) in [6, 6.07) is 8.01. The van der Waals surface area contributed by atoms with Crippen LogP contribution in [0.25, 0.3) is 0 Å². The van der Waals surface area contributed by atoms with Crippen molar-refractivity contribution >= 4 is 33.2 Å². The van der Waals surface area contributed by atoms with Gasteiger partial charge in [0.1, 0.15) is 5.82 Å². The van der Waals surface area contributed by atoms with Crippen molar-refractivity contribution < 1.29 is 35.9 Å². The Kier molecular flexibility index (Phi) is 6.58. The summed E-state index contributed by atoms with van der Waals surface area (Å²) in [7, 11) is -4.06. The lowest BCUT2D eigenvalue weighted by Gasteiger charge is -2.25. The van der Waals surface area contributed by atoms with Crippen LogP contribution in [0, 0.1) is 5.82 Å². The molecule has 0 aliphatic carbocycles. The molecule has 2 aromatic carbocycles. The number of anilines is 1. The van der Waals surface area contributed by atoms with Gasteiger partial charge in [-0.3, -0.25) is 4.79 Å². The van der Waals surface area contributed by atoms with Gasteiger partial charge >= 0.3 is 6.18 Å². The van der Waals surface area contributed by atoms with Gasteiger partial charge in [0.05, 0.1) is 15.6 Å². The molecule has 158 valence electrons. The van der Waals surface area contributed by atoms with Crippen LogP contribution in [0.3, 0.4) is 0 Å². The Hall–Kier alpha value is -2.21. The first-order chi connectivity index (χ1) is 13.2. The van der Waals surface area contributed by atoms with E-state index < -0.39 is 33.5 Å². The summed E-state index contributed by atoms with van der Waals surface area (Å²) in [5.74, 6) is -2.26. The lowest BCUT2D eigenvalue weighted by Crippen LogP contribution is -2.52. The molecule has 6 nitrogen and oxygen atoms in total. The van der Waals surface area contributed by atoms with E-state index in [1.54, 1.807) is 0 Å². The second kappa shape index (κ2) is 8.27. The summed E-state index contributed by atoms with van der Waals surface area (Å²) in [6.45, 7) is 0.127. The van der Waals surface area contributed by atoms with Gasteiger partial charge in [0.15, 0.2) is 0 Å². The van der Waals surface area contributed by atoms with Crippen molar-refractivity contribution in [3.63, 3.8) is 0 Å². The molecule has 0 radical (unpaired) electrons. The number of rotatable bonds is 6. The number of alkyl halides is 3. The average molecular weight is 455 g/mol. The molecule has 0 fully saturated rings. The van der Waals surface area contributed by atoms with Crippen molar-refractivity contribution in [2.75, 3.05) is 5.32 Å². The van der Waals surface area contributed by atoms with Crippen LogP contribution in [0.4, 0.5) is 23.2 Å². The number of benzene rings is 2. The third-order valence-electron chi connectivity index (χ3n) is 3.87. The highest BCUT2D eigenvalue weighted by Crippen LogP contribution is 2.32. The lowest BCUT2D eigenvalue weighted by molar-refractivity contribution is -0.242. The molecule has 0 heterocycles. The number of hydrogen-bond donors (Lipinski definition) is 3. The number of nitrogens with one attached hydrogen (secondary N) is 2. The summed E-state index contributed by atoms with van der Waals surface area (Å²) < 4.78 is 77.9. The van der Waals surface area contributed by atoms with Crippen LogP contribution < -0.4 is 10.0 Å². The van der Waals surface area contributed by atoms with E-state index >= 15 is 0 Å². The highest BCUT2D eigenvalue weighted by molar-refractivity contribution is 7.89. The van der Waals surface area contributed by atoms with E-state index in [0.29, 0.717) is 5.56 Å². The fourth-order valence-electron chi connectivity index (χ4n) is 2.00. The molecule has 2 rings (SSSR count). The van der Waals surface area contributed by atoms with Crippen LogP contribution in [0.15, 0.2) is 47.4 Å². The normalized spacial score (nSPS) is 14.3. The highest BCUT2D eigenvalue weighted by Gasteiger charge is 2.55. The van der Waals surface area contributed by atoms with Crippen LogP contribution in [-0.4, -0.2) is 31.2 Å². The predicted octanol–water partition coefficient (Wildman–Crippen LogP) is 3.21. The second-order valence-electron chi connectivity index (χ2n) is 6.12. The number of halogens is 5. The molecule has 0 spiro atoms. The number of carbonyl (C=O) groups excluding carboxylic acids is 1. The van der Waals surface area contributed by atoms with Crippen LogP contribution in [0.5, 0.6) is 0 Å². The summed E-state index contributed by atoms with van der Waals surface area (Å²) in [4.78, 5) is 11.4. The Labute approximate surface area is 168 Å². The fraction of sp³-hybridized carbons (Fsp3) is 0.235. The van der Waals surface area contributed by atoms with Gasteiger partial charge in [-0.1, -0.05) is 23.7 Å². The molecule has 12 heteroatoms. The number of aliphatic hydroxyl groups is 1. The topological polar surface area (TPSA) is 95.5 Å². The summed E-state index contributed by atoms with van der Waals surface area (Å²) >= 11 is 5.87. The van der Waals surface area contributed by atoms with Gasteiger partial charge in [-0.2, -0.15) is 13.2 Å². The number of hydrogen-bond acceptors (Lipinski definition) is 4. The zero-order valence-corrected chi connectivity index (χ0v) is 16.3. The van der Waals surface area contributed by atoms with Gasteiger partial charge in [-0.15, -0.1) is 0 Å². The maximum Gasteiger partial charge on any atom is 0.426 e. The zero-order chi connectivity index (χ0) is 22.0. The Morgan fingerprint density at radius 2 is 1.72 bits per heavy atom. The first-order valence-electron chi connectivity index (χ1n) is 7.88.